The van der Waals surface area contributed by atoms with Gasteiger partial charge in [0.25, 0.3) is 5.91 Å². The van der Waals surface area contributed by atoms with Gasteiger partial charge in [-0.25, -0.2) is 4.79 Å². The summed E-state index contributed by atoms with van der Waals surface area (Å²) >= 11 is 12.3. The van der Waals surface area contributed by atoms with Crippen molar-refractivity contribution in [2.24, 2.45) is 0 Å². The molecule has 6 nitrogen and oxygen atoms in total. The summed E-state index contributed by atoms with van der Waals surface area (Å²) < 4.78 is 5.35. The number of carbonyl (C=O) groups excluding carboxylic acids is 2. The van der Waals surface area contributed by atoms with Crippen molar-refractivity contribution in [1.29, 1.82) is 0 Å². The number of carbonyl (C=O) groups is 2. The van der Waals surface area contributed by atoms with Crippen molar-refractivity contribution in [2.75, 3.05) is 13.1 Å². The number of aryl methyl sites for hydroxylation is 1. The maximum atomic E-state index is 12.3. The first-order chi connectivity index (χ1) is 11.1. The predicted octanol–water partition coefficient (Wildman–Crippen LogP) is 3.32. The molecule has 0 aliphatic carbocycles. The second-order valence-corrected chi connectivity index (χ2v) is 7.93. The van der Waals surface area contributed by atoms with Crippen LogP contribution in [0.25, 0.3) is 0 Å². The molecule has 0 saturated carbocycles. The molecular weight excluding hydrogens is 353 g/mol. The molecule has 0 radical (unpaired) electrons. The minimum absolute atomic E-state index is 0.222. The second-order valence-electron chi connectivity index (χ2n) is 6.97. The quantitative estimate of drug-likeness (QED) is 0.778. The Kier molecular flexibility index (Phi) is 5.71. The van der Waals surface area contributed by atoms with Gasteiger partial charge in [-0.3, -0.25) is 4.79 Å². The monoisotopic (exact) mass is 375 g/mol. The Morgan fingerprint density at radius 3 is 2.58 bits per heavy atom. The largest absolute Gasteiger partial charge is 0.444 e. The SMILES string of the molecule is Cc1[nH]c(C(=O)N[C@@H]2CCN(C(=O)OC(C)(C)C)C[C@@H]2Cl)cc1Cl. The summed E-state index contributed by atoms with van der Waals surface area (Å²) in [5, 5.41) is 3.02. The zero-order valence-electron chi connectivity index (χ0n) is 14.3. The summed E-state index contributed by atoms with van der Waals surface area (Å²) in [4.78, 5) is 28.9. The van der Waals surface area contributed by atoms with Gasteiger partial charge in [0.2, 0.25) is 0 Å². The Morgan fingerprint density at radius 2 is 2.08 bits per heavy atom. The Bertz CT molecular complexity index is 605. The number of amides is 2. The van der Waals surface area contributed by atoms with Gasteiger partial charge in [0.1, 0.15) is 11.3 Å². The molecule has 0 bridgehead atoms. The van der Waals surface area contributed by atoms with Gasteiger partial charge in [-0.1, -0.05) is 11.6 Å². The number of hydrogen-bond donors (Lipinski definition) is 2. The summed E-state index contributed by atoms with van der Waals surface area (Å²) in [6, 6.07) is 1.37. The van der Waals surface area contributed by atoms with Crippen LogP contribution in [0.2, 0.25) is 5.02 Å². The van der Waals surface area contributed by atoms with Crippen LogP contribution in [0.3, 0.4) is 0 Å². The molecule has 0 unspecified atom stereocenters. The van der Waals surface area contributed by atoms with Gasteiger partial charge in [0, 0.05) is 24.8 Å². The molecule has 2 rings (SSSR count). The van der Waals surface area contributed by atoms with Crippen LogP contribution in [0, 0.1) is 6.92 Å². The van der Waals surface area contributed by atoms with E-state index in [-0.39, 0.29) is 23.4 Å². The first-order valence-electron chi connectivity index (χ1n) is 7.85. The fourth-order valence-electron chi connectivity index (χ4n) is 2.46. The van der Waals surface area contributed by atoms with Gasteiger partial charge in [-0.15, -0.1) is 11.6 Å². The lowest BCUT2D eigenvalue weighted by atomic mass is 10.0. The zero-order valence-corrected chi connectivity index (χ0v) is 15.8. The van der Waals surface area contributed by atoms with E-state index < -0.39 is 5.60 Å². The van der Waals surface area contributed by atoms with Crippen molar-refractivity contribution in [3.63, 3.8) is 0 Å². The van der Waals surface area contributed by atoms with E-state index in [1.807, 2.05) is 20.8 Å². The van der Waals surface area contributed by atoms with Crippen LogP contribution < -0.4 is 5.32 Å². The lowest BCUT2D eigenvalue weighted by Crippen LogP contribution is -2.54. The molecule has 8 heteroatoms. The third kappa shape index (κ3) is 4.80. The van der Waals surface area contributed by atoms with Crippen LogP contribution in [0.4, 0.5) is 4.79 Å². The number of nitrogens with one attached hydrogen (secondary N) is 2. The van der Waals surface area contributed by atoms with Crippen molar-refractivity contribution in [2.45, 2.75) is 51.1 Å². The Balaban J connectivity index is 1.91. The van der Waals surface area contributed by atoms with Gasteiger partial charge in [0.05, 0.1) is 10.4 Å². The summed E-state index contributed by atoms with van der Waals surface area (Å²) in [5.41, 5.74) is 0.592. The highest BCUT2D eigenvalue weighted by molar-refractivity contribution is 6.31. The zero-order chi connectivity index (χ0) is 18.1. The molecule has 134 valence electrons. The maximum Gasteiger partial charge on any atom is 0.410 e. The van der Waals surface area contributed by atoms with Gasteiger partial charge in [-0.05, 0) is 40.2 Å². The van der Waals surface area contributed by atoms with Crippen LogP contribution in [-0.4, -0.2) is 52.0 Å². The van der Waals surface area contributed by atoms with Crippen LogP contribution in [0.1, 0.15) is 43.4 Å². The maximum absolute atomic E-state index is 12.3. The summed E-state index contributed by atoms with van der Waals surface area (Å²) in [5.74, 6) is -0.258. The van der Waals surface area contributed by atoms with Crippen molar-refractivity contribution in [3.8, 4) is 0 Å². The fourth-order valence-corrected chi connectivity index (χ4v) is 2.97. The average Bonchev–Trinajstić information content (AvgIpc) is 2.79. The standard InChI is InChI=1S/C16H23Cl2N3O3/c1-9-10(17)7-13(19-9)14(22)20-12-5-6-21(8-11(12)18)15(23)24-16(2,3)4/h7,11-12,19H,5-6,8H2,1-4H3,(H,20,22)/t11-,12+/m0/s1. The molecule has 2 atom stereocenters. The number of aromatic nitrogens is 1. The van der Waals surface area contributed by atoms with E-state index in [1.54, 1.807) is 17.9 Å². The molecule has 1 aromatic heterocycles. The number of rotatable bonds is 2. The Hall–Kier alpha value is -1.40. The number of hydrogen-bond acceptors (Lipinski definition) is 3. The van der Waals surface area contributed by atoms with Crippen molar-refractivity contribution < 1.29 is 14.3 Å². The highest BCUT2D eigenvalue weighted by Crippen LogP contribution is 2.20. The van der Waals surface area contributed by atoms with Gasteiger partial charge in [0.15, 0.2) is 0 Å². The predicted molar refractivity (Wildman–Crippen MR) is 93.9 cm³/mol. The average molecular weight is 376 g/mol. The molecule has 0 aromatic carbocycles. The van der Waals surface area contributed by atoms with Crippen LogP contribution in [0.15, 0.2) is 6.07 Å². The molecule has 1 saturated heterocycles. The number of alkyl halides is 1. The van der Waals surface area contributed by atoms with Crippen LogP contribution >= 0.6 is 23.2 Å². The lowest BCUT2D eigenvalue weighted by Gasteiger charge is -2.36. The van der Waals surface area contributed by atoms with Crippen LogP contribution in [0.5, 0.6) is 0 Å². The van der Waals surface area contributed by atoms with E-state index in [0.717, 1.165) is 5.69 Å². The lowest BCUT2D eigenvalue weighted by molar-refractivity contribution is 0.0203. The highest BCUT2D eigenvalue weighted by Gasteiger charge is 2.33. The number of H-pyrrole nitrogens is 1. The number of piperidine rings is 1. The van der Waals surface area contributed by atoms with E-state index in [1.165, 1.54) is 0 Å². The van der Waals surface area contributed by atoms with E-state index >= 15 is 0 Å². The first kappa shape index (κ1) is 18.9. The molecule has 1 fully saturated rings. The molecule has 2 N–H and O–H groups in total. The van der Waals surface area contributed by atoms with Gasteiger partial charge in [-0.2, -0.15) is 0 Å². The van der Waals surface area contributed by atoms with Crippen molar-refractivity contribution in [3.05, 3.63) is 22.5 Å². The van der Waals surface area contributed by atoms with E-state index in [2.05, 4.69) is 10.3 Å². The minimum atomic E-state index is -0.547. The number of aromatic amines is 1. The van der Waals surface area contributed by atoms with Crippen molar-refractivity contribution in [1.82, 2.24) is 15.2 Å². The van der Waals surface area contributed by atoms with Gasteiger partial charge >= 0.3 is 6.09 Å². The van der Waals surface area contributed by atoms with Crippen LogP contribution in [-0.2, 0) is 4.74 Å². The molecular formula is C16H23Cl2N3O3. The van der Waals surface area contributed by atoms with Gasteiger partial charge < -0.3 is 19.9 Å². The third-order valence-corrected chi connectivity index (χ3v) is 4.54. The van der Waals surface area contributed by atoms with Crippen molar-refractivity contribution >= 4 is 35.2 Å². The smallest absolute Gasteiger partial charge is 0.410 e. The number of likely N-dealkylation sites (tertiary alicyclic amines) is 1. The highest BCUT2D eigenvalue weighted by atomic mass is 35.5. The summed E-state index contributed by atoms with van der Waals surface area (Å²) in [7, 11) is 0. The van der Waals surface area contributed by atoms with E-state index in [9.17, 15) is 9.59 Å². The molecule has 0 spiro atoms. The minimum Gasteiger partial charge on any atom is -0.444 e. The Morgan fingerprint density at radius 1 is 1.42 bits per heavy atom. The number of ether oxygens (including phenoxy) is 1. The second kappa shape index (κ2) is 7.23. The molecule has 24 heavy (non-hydrogen) atoms. The fraction of sp³-hybridized carbons (Fsp3) is 0.625. The van der Waals surface area contributed by atoms with E-state index in [4.69, 9.17) is 27.9 Å². The molecule has 1 aliphatic rings. The van der Waals surface area contributed by atoms with E-state index in [0.29, 0.717) is 30.2 Å². The molecule has 2 heterocycles. The normalized spacial score (nSPS) is 21.5. The summed E-state index contributed by atoms with van der Waals surface area (Å²) in [6.07, 6.45) is 0.178. The number of halogens is 2. The molecule has 1 aromatic rings. The summed E-state index contributed by atoms with van der Waals surface area (Å²) in [6.45, 7) is 8.06. The molecule has 2 amide bonds. The molecule has 1 aliphatic heterocycles. The Labute approximate surface area is 151 Å². The first-order valence-corrected chi connectivity index (χ1v) is 8.66. The topological polar surface area (TPSA) is 74.4 Å². The number of nitrogens with zero attached hydrogens (tertiary/aromatic N) is 1. The third-order valence-electron chi connectivity index (χ3n) is 3.71.